The van der Waals surface area contributed by atoms with Gasteiger partial charge in [-0.15, -0.1) is 0 Å². The van der Waals surface area contributed by atoms with Gasteiger partial charge in [-0.1, -0.05) is 6.07 Å². The van der Waals surface area contributed by atoms with Crippen molar-refractivity contribution in [2.45, 2.75) is 24.8 Å². The highest BCUT2D eigenvalue weighted by atomic mass is 32.2. The molecule has 0 spiro atoms. The first-order valence-electron chi connectivity index (χ1n) is 6.17. The summed E-state index contributed by atoms with van der Waals surface area (Å²) in [7, 11) is -4.07. The first-order chi connectivity index (χ1) is 9.83. The number of nitrogens with one attached hydrogen (secondary N) is 2. The second-order valence-corrected chi connectivity index (χ2v) is 5.92. The van der Waals surface area contributed by atoms with Crippen LogP contribution in [0.15, 0.2) is 23.1 Å². The lowest BCUT2D eigenvalue weighted by molar-refractivity contribution is -0.386. The van der Waals surface area contributed by atoms with E-state index in [1.165, 1.54) is 12.1 Å². The van der Waals surface area contributed by atoms with E-state index in [-0.39, 0.29) is 12.3 Å². The van der Waals surface area contributed by atoms with Gasteiger partial charge in [-0.2, -0.15) is 0 Å². The van der Waals surface area contributed by atoms with Gasteiger partial charge in [0.2, 0.25) is 10.0 Å². The molecule has 1 rings (SSSR count). The highest BCUT2D eigenvalue weighted by molar-refractivity contribution is 7.89. The minimum absolute atomic E-state index is 0.0830. The lowest BCUT2D eigenvalue weighted by Crippen LogP contribution is -2.36. The smallest absolute Gasteiger partial charge is 0.313 e. The Morgan fingerprint density at radius 2 is 2.14 bits per heavy atom. The van der Waals surface area contributed by atoms with Crippen LogP contribution in [0.1, 0.15) is 13.8 Å². The van der Waals surface area contributed by atoms with Crippen LogP contribution in [0.25, 0.3) is 0 Å². The third-order valence-corrected chi connectivity index (χ3v) is 4.18. The number of rotatable bonds is 8. The summed E-state index contributed by atoms with van der Waals surface area (Å²) in [5.41, 5.74) is 1.43. The molecule has 9 nitrogen and oxygen atoms in total. The van der Waals surface area contributed by atoms with Gasteiger partial charge >= 0.3 is 5.69 Å². The molecule has 1 aromatic rings. The number of nitrogen functional groups attached to an aromatic ring is 1. The number of hydrogen-bond donors (Lipinski definition) is 3. The Balaban J connectivity index is 3.17. The minimum Gasteiger partial charge on any atom is -0.380 e. The number of sulfonamides is 1. The minimum atomic E-state index is -4.07. The first kappa shape index (κ1) is 17.3. The number of nitrogens with two attached hydrogens (primary N) is 1. The standard InChI is InChI=1S/C11H18N4O5S/c1-3-20-7-8(2)14-21(18,19)10-6-4-5-9(13-12)11(10)15(16)17/h4-6,8,13-14H,3,7,12H2,1-2H3. The summed E-state index contributed by atoms with van der Waals surface area (Å²) in [5, 5.41) is 11.1. The van der Waals surface area contributed by atoms with Crippen molar-refractivity contribution in [2.24, 2.45) is 5.84 Å². The Bertz CT molecular complexity index is 605. The number of nitro benzene ring substituents is 1. The van der Waals surface area contributed by atoms with Crippen LogP contribution in [0.3, 0.4) is 0 Å². The fraction of sp³-hybridized carbons (Fsp3) is 0.455. The summed E-state index contributed by atoms with van der Waals surface area (Å²) in [6, 6.07) is 3.31. The van der Waals surface area contributed by atoms with Crippen molar-refractivity contribution in [1.82, 2.24) is 4.72 Å². The second-order valence-electron chi connectivity index (χ2n) is 4.24. The predicted octanol–water partition coefficient (Wildman–Crippen LogP) is 0.584. The van der Waals surface area contributed by atoms with Crippen molar-refractivity contribution >= 4 is 21.4 Å². The number of hydrazine groups is 1. The van der Waals surface area contributed by atoms with Gasteiger partial charge in [-0.25, -0.2) is 13.1 Å². The van der Waals surface area contributed by atoms with Gasteiger partial charge in [0, 0.05) is 12.6 Å². The summed E-state index contributed by atoms with van der Waals surface area (Å²) in [4.78, 5) is 9.85. The molecule has 0 heterocycles. The van der Waals surface area contributed by atoms with Crippen molar-refractivity contribution in [3.8, 4) is 0 Å². The molecule has 0 bridgehead atoms. The quantitative estimate of drug-likeness (QED) is 0.362. The van der Waals surface area contributed by atoms with Crippen molar-refractivity contribution in [3.05, 3.63) is 28.3 Å². The van der Waals surface area contributed by atoms with Crippen molar-refractivity contribution in [1.29, 1.82) is 0 Å². The average molecular weight is 318 g/mol. The van der Waals surface area contributed by atoms with Crippen LogP contribution in [0.2, 0.25) is 0 Å². The maximum Gasteiger partial charge on any atom is 0.313 e. The van der Waals surface area contributed by atoms with E-state index >= 15 is 0 Å². The molecule has 0 radical (unpaired) electrons. The normalized spacial score (nSPS) is 12.9. The SMILES string of the molecule is CCOCC(C)NS(=O)(=O)c1cccc(NN)c1[N+](=O)[O-]. The Labute approximate surface area is 122 Å². The maximum atomic E-state index is 12.3. The monoisotopic (exact) mass is 318 g/mol. The molecule has 10 heteroatoms. The number of nitro groups is 1. The fourth-order valence-corrected chi connectivity index (χ4v) is 3.12. The number of nitrogens with zero attached hydrogens (tertiary/aromatic N) is 1. The topological polar surface area (TPSA) is 137 Å². The molecule has 1 aromatic carbocycles. The van der Waals surface area contributed by atoms with E-state index in [4.69, 9.17) is 10.6 Å². The third-order valence-electron chi connectivity index (χ3n) is 2.55. The van der Waals surface area contributed by atoms with E-state index in [1.54, 1.807) is 13.8 Å². The van der Waals surface area contributed by atoms with Gasteiger partial charge in [0.25, 0.3) is 0 Å². The fourth-order valence-electron chi connectivity index (χ4n) is 1.70. The summed E-state index contributed by atoms with van der Waals surface area (Å²) in [6.45, 7) is 3.99. The second kappa shape index (κ2) is 7.31. The molecule has 118 valence electrons. The largest absolute Gasteiger partial charge is 0.380 e. The Morgan fingerprint density at radius 3 is 2.67 bits per heavy atom. The number of ether oxygens (including phenoxy) is 1. The molecule has 0 aliphatic rings. The zero-order valence-electron chi connectivity index (χ0n) is 11.7. The molecule has 0 saturated heterocycles. The molecule has 0 saturated carbocycles. The van der Waals surface area contributed by atoms with Gasteiger partial charge < -0.3 is 10.2 Å². The average Bonchev–Trinajstić information content (AvgIpc) is 2.43. The molecule has 21 heavy (non-hydrogen) atoms. The van der Waals surface area contributed by atoms with Crippen molar-refractivity contribution in [3.63, 3.8) is 0 Å². The van der Waals surface area contributed by atoms with Gasteiger partial charge in [-0.3, -0.25) is 16.0 Å². The Morgan fingerprint density at radius 1 is 1.48 bits per heavy atom. The number of benzene rings is 1. The van der Waals surface area contributed by atoms with Crippen LogP contribution >= 0.6 is 0 Å². The van der Waals surface area contributed by atoms with E-state index < -0.39 is 31.6 Å². The number of para-hydroxylation sites is 1. The zero-order chi connectivity index (χ0) is 16.0. The molecular formula is C11H18N4O5S. The molecule has 1 unspecified atom stereocenters. The molecule has 0 fully saturated rings. The van der Waals surface area contributed by atoms with Crippen molar-refractivity contribution < 1.29 is 18.1 Å². The van der Waals surface area contributed by atoms with Gasteiger partial charge in [0.05, 0.1) is 11.5 Å². The summed E-state index contributed by atoms with van der Waals surface area (Å²) >= 11 is 0. The van der Waals surface area contributed by atoms with Crippen LogP contribution in [0.4, 0.5) is 11.4 Å². The summed E-state index contributed by atoms with van der Waals surface area (Å²) in [5.74, 6) is 5.18. The van der Waals surface area contributed by atoms with E-state index in [0.717, 1.165) is 6.07 Å². The highest BCUT2D eigenvalue weighted by Gasteiger charge is 2.29. The molecule has 1 atom stereocenters. The van der Waals surface area contributed by atoms with Crippen LogP contribution < -0.4 is 16.0 Å². The van der Waals surface area contributed by atoms with E-state index in [0.29, 0.717) is 6.61 Å². The molecule has 0 aliphatic carbocycles. The van der Waals surface area contributed by atoms with Crippen LogP contribution in [-0.2, 0) is 14.8 Å². The lowest BCUT2D eigenvalue weighted by atomic mass is 10.3. The summed E-state index contributed by atoms with van der Waals surface area (Å²) < 4.78 is 32.0. The van der Waals surface area contributed by atoms with E-state index in [1.807, 2.05) is 0 Å². The van der Waals surface area contributed by atoms with E-state index in [2.05, 4.69) is 10.1 Å². The van der Waals surface area contributed by atoms with Crippen molar-refractivity contribution in [2.75, 3.05) is 18.6 Å². The molecule has 4 N–H and O–H groups in total. The number of hydrogen-bond acceptors (Lipinski definition) is 7. The third kappa shape index (κ3) is 4.36. The van der Waals surface area contributed by atoms with Crippen LogP contribution in [-0.4, -0.2) is 32.6 Å². The zero-order valence-corrected chi connectivity index (χ0v) is 12.5. The predicted molar refractivity (Wildman–Crippen MR) is 77.2 cm³/mol. The summed E-state index contributed by atoms with van der Waals surface area (Å²) in [6.07, 6.45) is 0. The van der Waals surface area contributed by atoms with Gasteiger partial charge in [-0.05, 0) is 26.0 Å². The molecular weight excluding hydrogens is 300 g/mol. The Kier molecular flexibility index (Phi) is 6.03. The van der Waals surface area contributed by atoms with Crippen LogP contribution in [0, 0.1) is 10.1 Å². The van der Waals surface area contributed by atoms with Crippen LogP contribution in [0.5, 0.6) is 0 Å². The molecule has 0 aliphatic heterocycles. The van der Waals surface area contributed by atoms with Gasteiger partial charge in [0.15, 0.2) is 4.90 Å². The maximum absolute atomic E-state index is 12.3. The first-order valence-corrected chi connectivity index (χ1v) is 7.65. The molecule has 0 amide bonds. The molecule has 0 aromatic heterocycles. The van der Waals surface area contributed by atoms with Gasteiger partial charge in [0.1, 0.15) is 5.69 Å². The number of anilines is 1. The Hall–Kier alpha value is -1.75. The highest BCUT2D eigenvalue weighted by Crippen LogP contribution is 2.31. The lowest BCUT2D eigenvalue weighted by Gasteiger charge is -2.14. The van der Waals surface area contributed by atoms with E-state index in [9.17, 15) is 18.5 Å².